The topological polar surface area (TPSA) is 179 Å². The van der Waals surface area contributed by atoms with Crippen molar-refractivity contribution in [1.29, 1.82) is 0 Å². The molecule has 348 valence electrons. The molecule has 24 heteroatoms. The van der Waals surface area contributed by atoms with Crippen LogP contribution in [0.3, 0.4) is 0 Å². The van der Waals surface area contributed by atoms with E-state index in [2.05, 4.69) is 45.9 Å². The molecule has 0 fully saturated rings. The Hall–Kier alpha value is -3.05. The van der Waals surface area contributed by atoms with Gasteiger partial charge in [-0.3, -0.25) is 0 Å². The average Bonchev–Trinajstić information content (AvgIpc) is 3.16. The first kappa shape index (κ1) is 62.0. The van der Waals surface area contributed by atoms with Gasteiger partial charge in [0.15, 0.2) is 0 Å². The molecule has 0 aliphatic heterocycles. The molecule has 0 saturated heterocycles. The minimum Gasteiger partial charge on any atom is -0.542 e. The number of ether oxygens (including phenoxy) is 2. The summed E-state index contributed by atoms with van der Waals surface area (Å²) in [4.78, 5) is 35.1. The van der Waals surface area contributed by atoms with Crippen molar-refractivity contribution >= 4 is 40.4 Å². The van der Waals surface area contributed by atoms with Gasteiger partial charge in [0.25, 0.3) is 0 Å². The van der Waals surface area contributed by atoms with Gasteiger partial charge >= 0.3 is 260 Å². The number of alkyl halides is 12. The maximum Gasteiger partial charge on any atom is 0.430 e. The number of aliphatic carboxylic acids is 4. The fourth-order valence-electron chi connectivity index (χ4n) is 5.33. The van der Waals surface area contributed by atoms with Crippen LogP contribution in [-0.4, -0.2) is 61.8 Å². The molecule has 0 amide bonds. The number of carboxylic acid groups (broad SMARTS) is 4. The standard InChI is InChI=1S/C31H44O2.4C2HF3O2.2Hg/c1-5-7-9-11-13-15-22-32-28-21-20-26-18-17-19-27-30(26)29(28)24(3)25(4)31(27)33-23-16-14-12-10-8-6-2;4*3-2(4,5)1(6)7;;/h17-20H,5-16,22-23H2,1-4H3;4*(H,6,7);;/q;;;;;2*+2/p-4. The predicted molar refractivity (Wildman–Crippen MR) is 186 cm³/mol. The van der Waals surface area contributed by atoms with E-state index in [1.807, 2.05) is 0 Å². The van der Waals surface area contributed by atoms with Crippen molar-refractivity contribution in [2.45, 2.75) is 133 Å². The van der Waals surface area contributed by atoms with E-state index in [9.17, 15) is 52.7 Å². The third-order valence-electron chi connectivity index (χ3n) is 8.60. The van der Waals surface area contributed by atoms with E-state index < -0.39 is 48.6 Å². The van der Waals surface area contributed by atoms with Gasteiger partial charge in [0.05, 0.1) is 0 Å². The molecule has 2 aromatic carbocycles. The zero-order valence-electron chi connectivity index (χ0n) is 34.7. The largest absolute Gasteiger partial charge is 0.542 e. The van der Waals surface area contributed by atoms with Crippen LogP contribution in [0.4, 0.5) is 52.7 Å². The van der Waals surface area contributed by atoms with Gasteiger partial charge in [0.1, 0.15) is 23.9 Å². The molecule has 10 nitrogen and oxygen atoms in total. The van der Waals surface area contributed by atoms with Crippen LogP contribution >= 0.6 is 0 Å². The summed E-state index contributed by atoms with van der Waals surface area (Å²) in [6, 6.07) is 6.93. The molecule has 0 heterocycles. The summed E-state index contributed by atoms with van der Waals surface area (Å²) in [7, 11) is 0. The molecular formula is C39H44F12Hg2O10. The molecule has 0 N–H and O–H groups in total. The van der Waals surface area contributed by atoms with Gasteiger partial charge in [-0.1, -0.05) is 13.3 Å². The van der Waals surface area contributed by atoms with Crippen LogP contribution in [0.25, 0.3) is 16.5 Å². The van der Waals surface area contributed by atoms with Crippen molar-refractivity contribution in [3.63, 3.8) is 0 Å². The molecule has 1 aliphatic carbocycles. The average molecular weight is 1300 g/mol. The Morgan fingerprint density at radius 2 is 0.905 bits per heavy atom. The van der Waals surface area contributed by atoms with E-state index in [0.29, 0.717) is 55.7 Å². The molecule has 0 saturated carbocycles. The molecule has 0 bridgehead atoms. The molecule has 63 heavy (non-hydrogen) atoms. The summed E-state index contributed by atoms with van der Waals surface area (Å²) in [5.74, 6) is -9.65. The second-order valence-corrected chi connectivity index (χ2v) is 19.6. The van der Waals surface area contributed by atoms with E-state index in [0.717, 1.165) is 25.4 Å². The smallest absolute Gasteiger partial charge is 0.430 e. The number of unbranched alkanes of at least 4 members (excludes halogenated alkanes) is 10. The molecular weight excluding hydrogens is 1260 g/mol. The molecule has 0 radical (unpaired) electrons. The zero-order valence-corrected chi connectivity index (χ0v) is 45.7. The summed E-state index contributed by atoms with van der Waals surface area (Å²) in [6.07, 6.45) is -5.16. The van der Waals surface area contributed by atoms with Gasteiger partial charge in [-0.15, -0.1) is 0 Å². The van der Waals surface area contributed by atoms with Crippen LogP contribution < -0.4 is 25.2 Å². The number of carbonyl (C=O) groups excluding carboxylic acids is 4. The van der Waals surface area contributed by atoms with Crippen LogP contribution in [-0.2, 0) is 76.2 Å². The zero-order chi connectivity index (χ0) is 49.5. The van der Waals surface area contributed by atoms with E-state index >= 15 is 0 Å². The number of allylic oxidation sites excluding steroid dienone is 1. The third-order valence-corrected chi connectivity index (χ3v) is 24.1. The predicted octanol–water partition coefficient (Wildman–Crippen LogP) is 6.58. The van der Waals surface area contributed by atoms with Crippen LogP contribution in [0.5, 0.6) is 5.75 Å². The van der Waals surface area contributed by atoms with Gasteiger partial charge < -0.3 is 39.6 Å². The molecule has 2 aromatic rings. The summed E-state index contributed by atoms with van der Waals surface area (Å²) >= 11 is 1.23. The maximum atomic E-state index is 10.5. The Labute approximate surface area is 387 Å². The van der Waals surface area contributed by atoms with Gasteiger partial charge in [-0.05, 0) is 0 Å². The SMILES string of the molecule is CCCCCCCCOC1=[C]([Hg+2])[CH]([Hg+2])c2cccc3c(OCCCCCCCC)c(C)c(C)c1c23.O=C([O-])C(F)(F)F.O=C([O-])C(F)(F)F.O=C([O-])C(F)(F)F.O=C([O-])C(F)(F)F. The van der Waals surface area contributed by atoms with Gasteiger partial charge in [-0.25, -0.2) is 0 Å². The number of carbonyl (C=O) groups is 4. The summed E-state index contributed by atoms with van der Waals surface area (Å²) in [6.45, 7) is 10.8. The van der Waals surface area contributed by atoms with E-state index in [1.54, 1.807) is 8.65 Å². The molecule has 1 aliphatic rings. The first-order valence-electron chi connectivity index (χ1n) is 19.1. The number of carboxylic acids is 4. The van der Waals surface area contributed by atoms with E-state index in [1.165, 1.54) is 104 Å². The van der Waals surface area contributed by atoms with Crippen LogP contribution in [0.1, 0.15) is 117 Å². The van der Waals surface area contributed by atoms with Crippen molar-refractivity contribution in [2.75, 3.05) is 13.2 Å². The van der Waals surface area contributed by atoms with Crippen LogP contribution in [0.15, 0.2) is 21.3 Å². The number of benzene rings is 2. The summed E-state index contributed by atoms with van der Waals surface area (Å²) < 4.78 is 142. The molecule has 0 spiro atoms. The van der Waals surface area contributed by atoms with Gasteiger partial charge in [0.2, 0.25) is 0 Å². The molecule has 3 rings (SSSR count). The van der Waals surface area contributed by atoms with E-state index in [4.69, 9.17) is 49.1 Å². The maximum absolute atomic E-state index is 10.5. The van der Waals surface area contributed by atoms with Crippen LogP contribution in [0.2, 0.25) is 0 Å². The van der Waals surface area contributed by atoms with Gasteiger partial charge in [0, 0.05) is 0 Å². The number of halogens is 12. The molecule has 1 atom stereocenters. The normalized spacial score (nSPS) is 13.5. The second-order valence-electron chi connectivity index (χ2n) is 13.5. The number of hydrogen-bond acceptors (Lipinski definition) is 10. The fourth-order valence-corrected chi connectivity index (χ4v) is 9.31. The minimum atomic E-state index is -5.19. The Bertz CT molecular complexity index is 1700. The van der Waals surface area contributed by atoms with Crippen molar-refractivity contribution in [3.05, 3.63) is 43.5 Å². The first-order chi connectivity index (χ1) is 28.8. The number of hydrogen-bond donors (Lipinski definition) is 0. The monoisotopic (exact) mass is 1300 g/mol. The summed E-state index contributed by atoms with van der Waals surface area (Å²) in [5, 5.41) is 37.9. The van der Waals surface area contributed by atoms with Crippen molar-refractivity contribution in [2.24, 2.45) is 0 Å². The van der Waals surface area contributed by atoms with Crippen molar-refractivity contribution in [1.82, 2.24) is 0 Å². The molecule has 1 unspecified atom stereocenters. The first-order valence-corrected chi connectivity index (χ1v) is 25.1. The second kappa shape index (κ2) is 29.5. The van der Waals surface area contributed by atoms with Crippen molar-refractivity contribution in [3.8, 4) is 5.75 Å². The Morgan fingerprint density at radius 3 is 1.25 bits per heavy atom. The number of rotatable bonds is 16. The quantitative estimate of drug-likeness (QED) is 0.101. The minimum absolute atomic E-state index is 0.580. The fraction of sp³-hybridized carbons (Fsp3) is 0.590. The molecule has 0 aromatic heterocycles. The van der Waals surface area contributed by atoms with Gasteiger partial charge in [-0.2, -0.15) is 52.7 Å². The summed E-state index contributed by atoms with van der Waals surface area (Å²) in [5.41, 5.74) is 5.60. The third kappa shape index (κ3) is 24.2. The van der Waals surface area contributed by atoms with E-state index in [-0.39, 0.29) is 0 Å². The Kier molecular flexibility index (Phi) is 29.0. The Balaban J connectivity index is 0. The Morgan fingerprint density at radius 1 is 0.571 bits per heavy atom. The van der Waals surface area contributed by atoms with Crippen LogP contribution in [0, 0.1) is 13.8 Å². The van der Waals surface area contributed by atoms with Crippen molar-refractivity contribution < 1.29 is 154 Å².